The van der Waals surface area contributed by atoms with Gasteiger partial charge in [-0.3, -0.25) is 15.0 Å². The maximum Gasteiger partial charge on any atom is 0.278 e. The second-order valence-corrected chi connectivity index (χ2v) is 5.09. The number of fused-ring (bicyclic) bond motifs is 1. The summed E-state index contributed by atoms with van der Waals surface area (Å²) in [4.78, 5) is 12.2. The van der Waals surface area contributed by atoms with Gasteiger partial charge < -0.3 is 14.8 Å². The Morgan fingerprint density at radius 3 is 2.29 bits per heavy atom. The molecule has 1 saturated heterocycles. The molecule has 0 aromatic heterocycles. The topological polar surface area (TPSA) is 76.9 Å². The summed E-state index contributed by atoms with van der Waals surface area (Å²) in [7, 11) is 0. The van der Waals surface area contributed by atoms with Gasteiger partial charge in [0.15, 0.2) is 11.5 Å². The van der Waals surface area contributed by atoms with Gasteiger partial charge >= 0.3 is 0 Å². The largest absolute Gasteiger partial charge is 0.454 e. The highest BCUT2D eigenvalue weighted by molar-refractivity contribution is 5.85. The van der Waals surface area contributed by atoms with Crippen molar-refractivity contribution < 1.29 is 23.2 Å². The van der Waals surface area contributed by atoms with E-state index in [1.165, 1.54) is 6.07 Å². The fourth-order valence-corrected chi connectivity index (χ4v) is 2.79. The lowest BCUT2D eigenvalue weighted by atomic mass is 10.0. The van der Waals surface area contributed by atoms with E-state index in [0.29, 0.717) is 26.2 Å². The second kappa shape index (κ2) is 8.61. The average Bonchev–Trinajstić information content (AvgIpc) is 2.94. The summed E-state index contributed by atoms with van der Waals surface area (Å²) < 4.78 is 37.5. The normalized spacial score (nSPS) is 17.8. The van der Waals surface area contributed by atoms with Crippen molar-refractivity contribution in [2.75, 3.05) is 33.0 Å². The molecule has 11 heteroatoms. The molecule has 0 spiro atoms. The molecule has 0 amide bonds. The minimum atomic E-state index is -2.74. The first-order valence-corrected chi connectivity index (χ1v) is 6.89. The van der Waals surface area contributed by atoms with Gasteiger partial charge in [0.25, 0.3) is 12.1 Å². The predicted octanol–water partition coefficient (Wildman–Crippen LogP) is 2.38. The maximum atomic E-state index is 13.6. The van der Waals surface area contributed by atoms with Gasteiger partial charge in [-0.15, -0.1) is 24.8 Å². The van der Waals surface area contributed by atoms with E-state index in [1.807, 2.05) is 0 Å². The summed E-state index contributed by atoms with van der Waals surface area (Å²) in [5.74, 6) is 0.477. The predicted molar refractivity (Wildman–Crippen MR) is 86.9 cm³/mol. The molecule has 136 valence electrons. The molecule has 1 fully saturated rings. The summed E-state index contributed by atoms with van der Waals surface area (Å²) >= 11 is 0. The molecule has 7 nitrogen and oxygen atoms in total. The van der Waals surface area contributed by atoms with Crippen LogP contribution in [0.1, 0.15) is 11.6 Å². The fraction of sp³-hybridized carbons (Fsp3) is 0.538. The Bertz CT molecular complexity index is 589. The molecular weight excluding hydrogens is 371 g/mol. The van der Waals surface area contributed by atoms with Crippen molar-refractivity contribution in [1.29, 1.82) is 0 Å². The van der Waals surface area contributed by atoms with Crippen molar-refractivity contribution in [3.63, 3.8) is 0 Å². The zero-order chi connectivity index (χ0) is 15.7. The number of piperazine rings is 1. The third kappa shape index (κ3) is 3.97. The second-order valence-electron chi connectivity index (χ2n) is 5.09. The van der Waals surface area contributed by atoms with Gasteiger partial charge in [-0.1, -0.05) is 0 Å². The minimum Gasteiger partial charge on any atom is -0.454 e. The number of nitrogens with one attached hydrogen (secondary N) is 1. The molecule has 0 bridgehead atoms. The van der Waals surface area contributed by atoms with Gasteiger partial charge in [0, 0.05) is 26.2 Å². The van der Waals surface area contributed by atoms with Crippen LogP contribution < -0.4 is 14.8 Å². The SMILES string of the molecule is Cl.Cl.O=[N+]([O-])c1cc2c(cc1[C@H](C(F)F)N1CCNCC1)OCO2. The highest BCUT2D eigenvalue weighted by Gasteiger charge is 2.37. The molecule has 2 heterocycles. The van der Waals surface area contributed by atoms with Gasteiger partial charge in [0.05, 0.1) is 16.6 Å². The first-order chi connectivity index (χ1) is 10.6. The summed E-state index contributed by atoms with van der Waals surface area (Å²) in [6.45, 7) is 1.88. The van der Waals surface area contributed by atoms with Crippen LogP contribution in [0.3, 0.4) is 0 Å². The molecule has 24 heavy (non-hydrogen) atoms. The van der Waals surface area contributed by atoms with Crippen molar-refractivity contribution in [2.24, 2.45) is 0 Å². The van der Waals surface area contributed by atoms with Crippen LogP contribution in [0.4, 0.5) is 14.5 Å². The van der Waals surface area contributed by atoms with E-state index in [0.717, 1.165) is 6.07 Å². The Hall–Kier alpha value is -1.42. The van der Waals surface area contributed by atoms with E-state index in [1.54, 1.807) is 4.90 Å². The van der Waals surface area contributed by atoms with Crippen LogP contribution in [0.2, 0.25) is 0 Å². The van der Waals surface area contributed by atoms with Crippen LogP contribution in [0.25, 0.3) is 0 Å². The number of nitro benzene ring substituents is 1. The smallest absolute Gasteiger partial charge is 0.278 e. The Morgan fingerprint density at radius 1 is 1.17 bits per heavy atom. The summed E-state index contributed by atoms with van der Waals surface area (Å²) in [6, 6.07) is 1.13. The Labute approximate surface area is 149 Å². The molecular formula is C13H17Cl2F2N3O4. The number of nitro groups is 1. The molecule has 1 aromatic carbocycles. The third-order valence-electron chi connectivity index (χ3n) is 3.82. The van der Waals surface area contributed by atoms with E-state index in [2.05, 4.69) is 5.32 Å². The number of alkyl halides is 2. The Balaban J connectivity index is 0.00000144. The first-order valence-electron chi connectivity index (χ1n) is 6.89. The summed E-state index contributed by atoms with van der Waals surface area (Å²) in [5, 5.41) is 14.3. The number of hydrogen-bond donors (Lipinski definition) is 1. The van der Waals surface area contributed by atoms with E-state index in [-0.39, 0.29) is 54.4 Å². The molecule has 2 aliphatic heterocycles. The number of rotatable bonds is 4. The lowest BCUT2D eigenvalue weighted by Crippen LogP contribution is -2.47. The van der Waals surface area contributed by atoms with E-state index in [4.69, 9.17) is 9.47 Å². The minimum absolute atomic E-state index is 0. The fourth-order valence-electron chi connectivity index (χ4n) is 2.79. The van der Waals surface area contributed by atoms with E-state index < -0.39 is 17.4 Å². The van der Waals surface area contributed by atoms with E-state index in [9.17, 15) is 18.9 Å². The molecule has 1 atom stereocenters. The van der Waals surface area contributed by atoms with Crippen molar-refractivity contribution >= 4 is 30.5 Å². The number of hydrogen-bond acceptors (Lipinski definition) is 6. The number of benzene rings is 1. The van der Waals surface area contributed by atoms with Crippen LogP contribution in [0, 0.1) is 10.1 Å². The van der Waals surface area contributed by atoms with Crippen molar-refractivity contribution in [3.05, 3.63) is 27.8 Å². The van der Waals surface area contributed by atoms with Crippen molar-refractivity contribution in [2.45, 2.75) is 12.5 Å². The Morgan fingerprint density at radius 2 is 1.75 bits per heavy atom. The van der Waals surface area contributed by atoms with Gasteiger partial charge in [-0.05, 0) is 6.07 Å². The standard InChI is InChI=1S/C13H15F2N3O4.2ClH/c14-13(15)12(17-3-1-16-2-4-17)8-5-10-11(22-7-21-10)6-9(8)18(19)20;;/h5-6,12-13,16H,1-4,7H2;2*1H/t12-;;/m1../s1. The molecule has 2 aliphatic rings. The van der Waals surface area contributed by atoms with Crippen LogP contribution in [0.15, 0.2) is 12.1 Å². The molecule has 1 aromatic rings. The van der Waals surface area contributed by atoms with Gasteiger partial charge in [0.2, 0.25) is 6.79 Å². The third-order valence-corrected chi connectivity index (χ3v) is 3.82. The molecule has 0 unspecified atom stereocenters. The van der Waals surface area contributed by atoms with E-state index >= 15 is 0 Å². The number of halogens is 4. The number of ether oxygens (including phenoxy) is 2. The molecule has 3 rings (SSSR count). The van der Waals surface area contributed by atoms with Gasteiger partial charge in [-0.2, -0.15) is 0 Å². The quantitative estimate of drug-likeness (QED) is 0.631. The summed E-state index contributed by atoms with van der Waals surface area (Å²) in [6.07, 6.45) is -2.74. The highest BCUT2D eigenvalue weighted by Crippen LogP contribution is 2.43. The zero-order valence-corrected chi connectivity index (χ0v) is 14.1. The lowest BCUT2D eigenvalue weighted by Gasteiger charge is -2.34. The molecule has 0 radical (unpaired) electrons. The van der Waals surface area contributed by atoms with Crippen molar-refractivity contribution in [3.8, 4) is 11.5 Å². The first kappa shape index (κ1) is 20.6. The molecule has 1 N–H and O–H groups in total. The van der Waals surface area contributed by atoms with Crippen LogP contribution in [0.5, 0.6) is 11.5 Å². The summed E-state index contributed by atoms with van der Waals surface area (Å²) in [5.41, 5.74) is -0.403. The lowest BCUT2D eigenvalue weighted by molar-refractivity contribution is -0.386. The Kier molecular flexibility index (Phi) is 7.40. The van der Waals surface area contributed by atoms with Gasteiger partial charge in [0.1, 0.15) is 6.04 Å². The maximum absolute atomic E-state index is 13.6. The zero-order valence-electron chi connectivity index (χ0n) is 12.4. The van der Waals surface area contributed by atoms with Crippen LogP contribution in [-0.2, 0) is 0 Å². The molecule has 0 saturated carbocycles. The van der Waals surface area contributed by atoms with Crippen LogP contribution in [-0.4, -0.2) is 49.2 Å². The number of nitrogens with zero attached hydrogens (tertiary/aromatic N) is 2. The average molecular weight is 388 g/mol. The molecule has 0 aliphatic carbocycles. The monoisotopic (exact) mass is 387 g/mol. The van der Waals surface area contributed by atoms with Crippen LogP contribution >= 0.6 is 24.8 Å². The van der Waals surface area contributed by atoms with Gasteiger partial charge in [-0.25, -0.2) is 8.78 Å². The highest BCUT2D eigenvalue weighted by atomic mass is 35.5. The van der Waals surface area contributed by atoms with Crippen molar-refractivity contribution in [1.82, 2.24) is 10.2 Å².